The first-order valence-corrected chi connectivity index (χ1v) is 12.6. The monoisotopic (exact) mass is 464 g/mol. The zero-order valence-corrected chi connectivity index (χ0v) is 20.6. The van der Waals surface area contributed by atoms with Crippen LogP contribution in [0.5, 0.6) is 0 Å². The Kier molecular flexibility index (Phi) is 6.53. The van der Waals surface area contributed by atoms with Gasteiger partial charge in [-0.25, -0.2) is 4.68 Å². The van der Waals surface area contributed by atoms with Crippen molar-refractivity contribution in [2.24, 2.45) is 5.41 Å². The molecule has 1 aliphatic carbocycles. The van der Waals surface area contributed by atoms with Crippen molar-refractivity contribution in [2.45, 2.75) is 71.4 Å². The molecule has 1 N–H and O–H groups in total. The van der Waals surface area contributed by atoms with Crippen LogP contribution in [0.4, 0.5) is 0 Å². The molecule has 0 amide bonds. The van der Waals surface area contributed by atoms with Gasteiger partial charge in [-0.1, -0.05) is 30.9 Å². The van der Waals surface area contributed by atoms with Gasteiger partial charge < -0.3 is 9.72 Å². The van der Waals surface area contributed by atoms with E-state index in [1.807, 2.05) is 6.92 Å². The zero-order chi connectivity index (χ0) is 23.7. The largest absolute Gasteiger partial charge is 0.383 e. The predicted octanol–water partition coefficient (Wildman–Crippen LogP) is 3.91. The van der Waals surface area contributed by atoms with Crippen molar-refractivity contribution in [3.8, 4) is 0 Å². The van der Waals surface area contributed by atoms with Crippen molar-refractivity contribution in [3.63, 3.8) is 0 Å². The molecule has 2 fully saturated rings. The fourth-order valence-corrected chi connectivity index (χ4v) is 6.33. The van der Waals surface area contributed by atoms with Gasteiger partial charge in [0.15, 0.2) is 5.82 Å². The number of nitrogens with zero attached hydrogens (tertiary/aromatic N) is 5. The summed E-state index contributed by atoms with van der Waals surface area (Å²) in [4.78, 5) is 19.2. The number of likely N-dealkylation sites (tertiary alicyclic amines) is 1. The number of ether oxygens (including phenoxy) is 1. The molecule has 1 saturated carbocycles. The minimum Gasteiger partial charge on any atom is -0.383 e. The number of aromatic amines is 1. The van der Waals surface area contributed by atoms with E-state index in [4.69, 9.17) is 4.74 Å². The number of rotatable bonds is 6. The minimum absolute atomic E-state index is 0.0611. The second kappa shape index (κ2) is 9.58. The lowest BCUT2D eigenvalue weighted by molar-refractivity contribution is 0.0335. The number of H-pyrrole nitrogens is 1. The van der Waals surface area contributed by atoms with Gasteiger partial charge in [0.25, 0.3) is 5.56 Å². The third-order valence-corrected chi connectivity index (χ3v) is 7.90. The van der Waals surface area contributed by atoms with Crippen molar-refractivity contribution in [2.75, 3.05) is 26.8 Å². The van der Waals surface area contributed by atoms with Gasteiger partial charge in [0.05, 0.1) is 18.7 Å². The number of aryl methyl sites for hydroxylation is 2. The summed E-state index contributed by atoms with van der Waals surface area (Å²) in [5.74, 6) is 0.721. The number of pyridine rings is 1. The van der Waals surface area contributed by atoms with E-state index in [9.17, 15) is 4.79 Å². The summed E-state index contributed by atoms with van der Waals surface area (Å²) >= 11 is 0. The van der Waals surface area contributed by atoms with E-state index in [1.165, 1.54) is 44.1 Å². The highest BCUT2D eigenvalue weighted by molar-refractivity contribution is 5.83. The lowest BCUT2D eigenvalue weighted by Crippen LogP contribution is -2.47. The fourth-order valence-electron chi connectivity index (χ4n) is 6.33. The average molecular weight is 465 g/mol. The molecule has 5 rings (SSSR count). The molecule has 0 radical (unpaired) electrons. The standard InChI is InChI=1S/C26H36N6O2/c1-18-14-19(2)22-20(15-18)16-21(25(33)27-22)23(24-28-29-30-32(24)12-13-34-3)31-11-7-10-26(17-31)8-5-4-6-9-26/h14-16,23H,4-13,17H2,1-3H3,(H,27,33)/t23-/m1/s1. The molecular formula is C26H36N6O2. The molecule has 0 unspecified atom stereocenters. The van der Waals surface area contributed by atoms with Crippen LogP contribution in [0, 0.1) is 19.3 Å². The molecule has 3 aromatic rings. The summed E-state index contributed by atoms with van der Waals surface area (Å²) in [5.41, 5.74) is 4.17. The number of piperidine rings is 1. The Hall–Kier alpha value is -2.58. The Balaban J connectivity index is 1.62. The lowest BCUT2D eigenvalue weighted by atomic mass is 9.69. The number of hydrogen-bond donors (Lipinski definition) is 1. The summed E-state index contributed by atoms with van der Waals surface area (Å²) in [6.07, 6.45) is 8.91. The number of benzene rings is 1. The smallest absolute Gasteiger partial charge is 0.253 e. The molecule has 8 nitrogen and oxygen atoms in total. The van der Waals surface area contributed by atoms with Crippen molar-refractivity contribution in [1.29, 1.82) is 0 Å². The van der Waals surface area contributed by atoms with Crippen LogP contribution in [0.15, 0.2) is 23.0 Å². The Labute approximate surface area is 200 Å². The maximum atomic E-state index is 13.6. The van der Waals surface area contributed by atoms with Crippen LogP contribution < -0.4 is 5.56 Å². The van der Waals surface area contributed by atoms with E-state index >= 15 is 0 Å². The summed E-state index contributed by atoms with van der Waals surface area (Å²) in [6, 6.07) is 6.03. The lowest BCUT2D eigenvalue weighted by Gasteiger charge is -2.47. The number of methoxy groups -OCH3 is 1. The van der Waals surface area contributed by atoms with Gasteiger partial charge in [0.1, 0.15) is 6.04 Å². The van der Waals surface area contributed by atoms with Crippen molar-refractivity contribution in [3.05, 3.63) is 51.1 Å². The number of hydrogen-bond acceptors (Lipinski definition) is 6. The van der Waals surface area contributed by atoms with Crippen molar-refractivity contribution in [1.82, 2.24) is 30.1 Å². The highest BCUT2D eigenvalue weighted by atomic mass is 16.5. The second-order valence-electron chi connectivity index (χ2n) is 10.4. The predicted molar refractivity (Wildman–Crippen MR) is 132 cm³/mol. The van der Waals surface area contributed by atoms with Crippen LogP contribution in [0.1, 0.15) is 73.5 Å². The van der Waals surface area contributed by atoms with Crippen LogP contribution in [-0.2, 0) is 11.3 Å². The second-order valence-corrected chi connectivity index (χ2v) is 10.4. The highest BCUT2D eigenvalue weighted by Crippen LogP contribution is 2.45. The molecule has 1 aliphatic heterocycles. The highest BCUT2D eigenvalue weighted by Gasteiger charge is 2.41. The molecule has 0 bridgehead atoms. The number of fused-ring (bicyclic) bond motifs is 1. The van der Waals surface area contributed by atoms with Gasteiger partial charge in [-0.05, 0) is 85.0 Å². The van der Waals surface area contributed by atoms with Gasteiger partial charge >= 0.3 is 0 Å². The van der Waals surface area contributed by atoms with Crippen molar-refractivity contribution >= 4 is 10.9 Å². The first-order valence-electron chi connectivity index (χ1n) is 12.6. The first kappa shape index (κ1) is 23.2. The number of tetrazole rings is 1. The quantitative estimate of drug-likeness (QED) is 0.595. The summed E-state index contributed by atoms with van der Waals surface area (Å²) < 4.78 is 7.11. The fraction of sp³-hybridized carbons (Fsp3) is 0.615. The number of nitrogens with one attached hydrogen (secondary N) is 1. The molecule has 1 aromatic carbocycles. The van der Waals surface area contributed by atoms with E-state index in [0.717, 1.165) is 47.4 Å². The third-order valence-electron chi connectivity index (χ3n) is 7.90. The Morgan fingerprint density at radius 1 is 1.12 bits per heavy atom. The van der Waals surface area contributed by atoms with Crippen LogP contribution in [0.3, 0.4) is 0 Å². The normalized spacial score (nSPS) is 19.6. The molecule has 1 atom stereocenters. The molecule has 2 aromatic heterocycles. The molecule has 8 heteroatoms. The van der Waals surface area contributed by atoms with Crippen LogP contribution in [-0.4, -0.2) is 56.9 Å². The van der Waals surface area contributed by atoms with Gasteiger partial charge in [-0.2, -0.15) is 0 Å². The summed E-state index contributed by atoms with van der Waals surface area (Å²) in [5, 5.41) is 13.8. The molecule has 182 valence electrons. The first-order chi connectivity index (χ1) is 16.5. The van der Waals surface area contributed by atoms with Crippen LogP contribution in [0.25, 0.3) is 10.9 Å². The van der Waals surface area contributed by atoms with Crippen molar-refractivity contribution < 1.29 is 4.74 Å². The topological polar surface area (TPSA) is 88.9 Å². The van der Waals surface area contributed by atoms with E-state index in [-0.39, 0.29) is 11.6 Å². The number of aromatic nitrogens is 5. The van der Waals surface area contributed by atoms with Gasteiger partial charge in [0, 0.05) is 19.2 Å². The zero-order valence-electron chi connectivity index (χ0n) is 20.6. The molecule has 1 spiro atoms. The average Bonchev–Trinajstić information content (AvgIpc) is 3.27. The maximum absolute atomic E-state index is 13.6. The Morgan fingerprint density at radius 3 is 2.71 bits per heavy atom. The molecule has 2 aliphatic rings. The van der Waals surface area contributed by atoms with Crippen LogP contribution >= 0.6 is 0 Å². The van der Waals surface area contributed by atoms with Gasteiger partial charge in [-0.15, -0.1) is 5.10 Å². The van der Waals surface area contributed by atoms with E-state index < -0.39 is 0 Å². The maximum Gasteiger partial charge on any atom is 0.253 e. The Morgan fingerprint density at radius 2 is 1.91 bits per heavy atom. The van der Waals surface area contributed by atoms with Gasteiger partial charge in [0.2, 0.25) is 0 Å². The molecule has 1 saturated heterocycles. The molecule has 3 heterocycles. The third kappa shape index (κ3) is 4.41. The SMILES string of the molecule is COCCn1nnnc1[C@@H](c1cc2cc(C)cc(C)c2[nH]c1=O)N1CCCC2(CCCCC2)C1. The summed E-state index contributed by atoms with van der Waals surface area (Å²) in [6.45, 7) is 7.13. The van der Waals surface area contributed by atoms with Crippen LogP contribution in [0.2, 0.25) is 0 Å². The summed E-state index contributed by atoms with van der Waals surface area (Å²) in [7, 11) is 1.68. The van der Waals surface area contributed by atoms with E-state index in [0.29, 0.717) is 18.6 Å². The minimum atomic E-state index is -0.292. The van der Waals surface area contributed by atoms with E-state index in [1.54, 1.807) is 11.8 Å². The van der Waals surface area contributed by atoms with Gasteiger partial charge in [-0.3, -0.25) is 9.69 Å². The van der Waals surface area contributed by atoms with E-state index in [2.05, 4.69) is 50.5 Å². The Bertz CT molecular complexity index is 1200. The molecule has 34 heavy (non-hydrogen) atoms. The molecular weight excluding hydrogens is 428 g/mol.